The zero-order chi connectivity index (χ0) is 17.5. The molecule has 4 nitrogen and oxygen atoms in total. The monoisotopic (exact) mass is 332 g/mol. The summed E-state index contributed by atoms with van der Waals surface area (Å²) in [6, 6.07) is 8.17. The fourth-order valence-corrected chi connectivity index (χ4v) is 3.55. The zero-order valence-corrected chi connectivity index (χ0v) is 15.3. The van der Waals surface area contributed by atoms with Crippen LogP contribution in [-0.4, -0.2) is 18.6 Å². The van der Waals surface area contributed by atoms with E-state index in [0.29, 0.717) is 12.5 Å². The van der Waals surface area contributed by atoms with Gasteiger partial charge in [0.2, 0.25) is 5.91 Å². The summed E-state index contributed by atoms with van der Waals surface area (Å²) in [4.78, 5) is 12.8. The fourth-order valence-electron chi connectivity index (χ4n) is 3.55. The molecule has 0 bridgehead atoms. The van der Waals surface area contributed by atoms with Crippen molar-refractivity contribution in [3.63, 3.8) is 0 Å². The van der Waals surface area contributed by atoms with Crippen LogP contribution in [0.2, 0.25) is 0 Å². The van der Waals surface area contributed by atoms with Gasteiger partial charge in [0.05, 0.1) is 12.6 Å². The van der Waals surface area contributed by atoms with Crippen LogP contribution in [0.3, 0.4) is 0 Å². The topological polar surface area (TPSA) is 64.3 Å². The first-order valence-corrected chi connectivity index (χ1v) is 9.28. The molecule has 3 unspecified atom stereocenters. The van der Waals surface area contributed by atoms with Gasteiger partial charge in [-0.15, -0.1) is 0 Å². The zero-order valence-electron chi connectivity index (χ0n) is 15.3. The number of benzene rings is 1. The third-order valence-electron chi connectivity index (χ3n) is 4.70. The van der Waals surface area contributed by atoms with Gasteiger partial charge in [-0.05, 0) is 44.6 Å². The Kier molecular flexibility index (Phi) is 7.10. The molecule has 1 fully saturated rings. The highest BCUT2D eigenvalue weighted by atomic mass is 16.5. The third kappa shape index (κ3) is 5.23. The number of rotatable bonds is 7. The molecule has 1 amide bonds. The maximum atomic E-state index is 12.8. The molecule has 0 aromatic heterocycles. The van der Waals surface area contributed by atoms with Crippen molar-refractivity contribution in [3.05, 3.63) is 29.8 Å². The number of carbonyl (C=O) groups is 1. The predicted molar refractivity (Wildman–Crippen MR) is 97.9 cm³/mol. The van der Waals surface area contributed by atoms with Crippen molar-refractivity contribution >= 4 is 5.91 Å². The average molecular weight is 332 g/mol. The Morgan fingerprint density at radius 3 is 2.75 bits per heavy atom. The first-order chi connectivity index (χ1) is 11.5. The molecule has 3 atom stereocenters. The number of amides is 1. The van der Waals surface area contributed by atoms with Crippen LogP contribution in [0, 0.1) is 11.8 Å². The Morgan fingerprint density at radius 2 is 2.08 bits per heavy atom. The molecule has 1 aliphatic rings. The van der Waals surface area contributed by atoms with Gasteiger partial charge >= 0.3 is 0 Å². The maximum absolute atomic E-state index is 12.8. The van der Waals surface area contributed by atoms with Crippen LogP contribution in [0.1, 0.15) is 64.5 Å². The van der Waals surface area contributed by atoms with Gasteiger partial charge in [-0.1, -0.05) is 38.5 Å². The van der Waals surface area contributed by atoms with E-state index in [-0.39, 0.29) is 23.9 Å². The lowest BCUT2D eigenvalue weighted by Gasteiger charge is -2.29. The number of ether oxygens (including phenoxy) is 1. The lowest BCUT2D eigenvalue weighted by molar-refractivity contribution is -0.127. The smallest absolute Gasteiger partial charge is 0.223 e. The molecule has 24 heavy (non-hydrogen) atoms. The highest BCUT2D eigenvalue weighted by Crippen LogP contribution is 2.31. The minimum atomic E-state index is -0.0154. The summed E-state index contributed by atoms with van der Waals surface area (Å²) >= 11 is 0. The third-order valence-corrected chi connectivity index (χ3v) is 4.70. The van der Waals surface area contributed by atoms with Crippen molar-refractivity contribution in [3.8, 4) is 5.75 Å². The van der Waals surface area contributed by atoms with E-state index in [2.05, 4.69) is 25.2 Å². The molecule has 0 spiro atoms. The normalized spacial score (nSPS) is 22.2. The van der Waals surface area contributed by atoms with Gasteiger partial charge in [0.25, 0.3) is 0 Å². The summed E-state index contributed by atoms with van der Waals surface area (Å²) in [5.41, 5.74) is 7.12. The molecule has 0 heterocycles. The molecule has 0 aliphatic heterocycles. The highest BCUT2D eigenvalue weighted by Gasteiger charge is 2.28. The van der Waals surface area contributed by atoms with Gasteiger partial charge in [-0.3, -0.25) is 4.79 Å². The van der Waals surface area contributed by atoms with Gasteiger partial charge in [-0.25, -0.2) is 0 Å². The Morgan fingerprint density at radius 1 is 1.33 bits per heavy atom. The van der Waals surface area contributed by atoms with Crippen LogP contribution in [0.25, 0.3) is 0 Å². The van der Waals surface area contributed by atoms with E-state index < -0.39 is 0 Å². The van der Waals surface area contributed by atoms with Gasteiger partial charge < -0.3 is 15.8 Å². The molecule has 134 valence electrons. The van der Waals surface area contributed by atoms with Crippen LogP contribution < -0.4 is 15.8 Å². The summed E-state index contributed by atoms with van der Waals surface area (Å²) in [7, 11) is 0. The average Bonchev–Trinajstić information content (AvgIpc) is 2.54. The van der Waals surface area contributed by atoms with Crippen molar-refractivity contribution in [2.75, 3.05) is 6.61 Å². The molecule has 1 aromatic rings. The lowest BCUT2D eigenvalue weighted by Crippen LogP contribution is -2.39. The minimum Gasteiger partial charge on any atom is -0.494 e. The molecule has 1 aliphatic carbocycles. The molecule has 0 saturated heterocycles. The lowest BCUT2D eigenvalue weighted by atomic mass is 9.85. The molecular weight excluding hydrogens is 300 g/mol. The van der Waals surface area contributed by atoms with E-state index in [1.165, 1.54) is 0 Å². The minimum absolute atomic E-state index is 0.0154. The second-order valence-corrected chi connectivity index (χ2v) is 7.29. The molecule has 4 heteroatoms. The Bertz CT molecular complexity index is 530. The van der Waals surface area contributed by atoms with Crippen molar-refractivity contribution in [1.82, 2.24) is 5.32 Å². The van der Waals surface area contributed by atoms with Crippen LogP contribution in [0.15, 0.2) is 24.3 Å². The van der Waals surface area contributed by atoms with E-state index >= 15 is 0 Å². The van der Waals surface area contributed by atoms with E-state index in [0.717, 1.165) is 43.4 Å². The molecule has 3 N–H and O–H groups in total. The van der Waals surface area contributed by atoms with Gasteiger partial charge in [0, 0.05) is 17.5 Å². The first kappa shape index (κ1) is 18.8. The largest absolute Gasteiger partial charge is 0.494 e. The summed E-state index contributed by atoms with van der Waals surface area (Å²) < 4.78 is 5.77. The van der Waals surface area contributed by atoms with Crippen LogP contribution >= 0.6 is 0 Å². The molecule has 0 radical (unpaired) electrons. The van der Waals surface area contributed by atoms with Crippen molar-refractivity contribution < 1.29 is 9.53 Å². The molecule has 2 rings (SSSR count). The molecule has 1 aromatic carbocycles. The standard InChI is InChI=1S/C20H32N2O2/c1-4-24-19-11-6-5-10-17(19)18(12-14(2)3)22-20(23)15-8-7-9-16(21)13-15/h5-6,10-11,14-16,18H,4,7-9,12-13,21H2,1-3H3,(H,22,23). The number of nitrogens with two attached hydrogens (primary N) is 1. The van der Waals surface area contributed by atoms with Crippen LogP contribution in [0.5, 0.6) is 5.75 Å². The highest BCUT2D eigenvalue weighted by molar-refractivity contribution is 5.79. The Hall–Kier alpha value is -1.55. The van der Waals surface area contributed by atoms with E-state index in [4.69, 9.17) is 10.5 Å². The first-order valence-electron chi connectivity index (χ1n) is 9.28. The SMILES string of the molecule is CCOc1ccccc1C(CC(C)C)NC(=O)C1CCCC(N)C1. The predicted octanol–water partition coefficient (Wildman–Crippen LogP) is 3.81. The number of hydrogen-bond donors (Lipinski definition) is 2. The second-order valence-electron chi connectivity index (χ2n) is 7.29. The van der Waals surface area contributed by atoms with Crippen LogP contribution in [0.4, 0.5) is 0 Å². The van der Waals surface area contributed by atoms with Gasteiger partial charge in [-0.2, -0.15) is 0 Å². The summed E-state index contributed by atoms with van der Waals surface area (Å²) in [6.07, 6.45) is 4.72. The molecule has 1 saturated carbocycles. The summed E-state index contributed by atoms with van der Waals surface area (Å²) in [5.74, 6) is 1.54. The maximum Gasteiger partial charge on any atom is 0.223 e. The number of hydrogen-bond acceptors (Lipinski definition) is 3. The van der Waals surface area contributed by atoms with E-state index in [9.17, 15) is 4.79 Å². The van der Waals surface area contributed by atoms with Gasteiger partial charge in [0.15, 0.2) is 0 Å². The molecular formula is C20H32N2O2. The summed E-state index contributed by atoms with van der Waals surface area (Å²) in [6.45, 7) is 6.96. The number of para-hydroxylation sites is 1. The van der Waals surface area contributed by atoms with Crippen molar-refractivity contribution in [2.45, 2.75) is 65.0 Å². The van der Waals surface area contributed by atoms with Crippen molar-refractivity contribution in [2.24, 2.45) is 17.6 Å². The van der Waals surface area contributed by atoms with Gasteiger partial charge in [0.1, 0.15) is 5.75 Å². The van der Waals surface area contributed by atoms with E-state index in [1.54, 1.807) is 0 Å². The fraction of sp³-hybridized carbons (Fsp3) is 0.650. The Balaban J connectivity index is 2.15. The quantitative estimate of drug-likeness (QED) is 0.798. The second kappa shape index (κ2) is 9.07. The van der Waals surface area contributed by atoms with Crippen LogP contribution in [-0.2, 0) is 4.79 Å². The van der Waals surface area contributed by atoms with E-state index in [1.807, 2.05) is 25.1 Å². The number of carbonyl (C=O) groups excluding carboxylic acids is 1. The Labute approximate surface area is 146 Å². The number of nitrogens with one attached hydrogen (secondary N) is 1. The van der Waals surface area contributed by atoms with Crippen molar-refractivity contribution in [1.29, 1.82) is 0 Å². The summed E-state index contributed by atoms with van der Waals surface area (Å²) in [5, 5.41) is 3.28.